The van der Waals surface area contributed by atoms with E-state index in [1.54, 1.807) is 24.3 Å². The minimum Gasteiger partial charge on any atom is -0.493 e. The van der Waals surface area contributed by atoms with Gasteiger partial charge in [-0.05, 0) is 55.8 Å². The molecule has 0 aliphatic carbocycles. The third-order valence-corrected chi connectivity index (χ3v) is 5.92. The summed E-state index contributed by atoms with van der Waals surface area (Å²) in [6, 6.07) is 10.5. The first-order valence-corrected chi connectivity index (χ1v) is 12.2. The highest BCUT2D eigenvalue weighted by Gasteiger charge is 2.15. The second-order valence-electron chi connectivity index (χ2n) is 8.18. The van der Waals surface area contributed by atoms with E-state index in [1.807, 2.05) is 26.0 Å². The summed E-state index contributed by atoms with van der Waals surface area (Å²) in [5.74, 6) is 0.462. The van der Waals surface area contributed by atoms with Gasteiger partial charge in [0.25, 0.3) is 5.91 Å². The predicted octanol–water partition coefficient (Wildman–Crippen LogP) is 3.22. The van der Waals surface area contributed by atoms with Crippen LogP contribution in [-0.2, 0) is 4.79 Å². The van der Waals surface area contributed by atoms with E-state index in [1.165, 1.54) is 33.5 Å². The van der Waals surface area contributed by atoms with E-state index in [2.05, 4.69) is 15.5 Å². The van der Waals surface area contributed by atoms with Gasteiger partial charge in [-0.2, -0.15) is 0 Å². The molecule has 2 amide bonds. The Hall–Kier alpha value is -4.47. The molecule has 0 spiro atoms. The number of carbonyl (C=O) groups excluding carboxylic acids is 2. The number of anilines is 1. The lowest BCUT2D eigenvalue weighted by Gasteiger charge is -2.21. The lowest BCUT2D eigenvalue weighted by Crippen LogP contribution is -2.35. The monoisotopic (exact) mass is 523 g/mol. The molecule has 0 saturated carbocycles. The molecule has 0 atom stereocenters. The fraction of sp³-hybridized carbons (Fsp3) is 0.321. The van der Waals surface area contributed by atoms with E-state index in [4.69, 9.17) is 18.6 Å². The van der Waals surface area contributed by atoms with Crippen LogP contribution in [0.3, 0.4) is 0 Å². The van der Waals surface area contributed by atoms with Gasteiger partial charge in [0.1, 0.15) is 11.1 Å². The minimum atomic E-state index is -0.719. The average molecular weight is 524 g/mol. The summed E-state index contributed by atoms with van der Waals surface area (Å²) in [4.78, 5) is 39.4. The maximum absolute atomic E-state index is 12.6. The van der Waals surface area contributed by atoms with Crippen LogP contribution in [0.4, 0.5) is 5.69 Å². The smallest absolute Gasteiger partial charge is 0.349 e. The molecular formula is C28H33N3O7. The summed E-state index contributed by atoms with van der Waals surface area (Å²) >= 11 is 0. The molecule has 2 aromatic carbocycles. The van der Waals surface area contributed by atoms with Crippen LogP contribution in [0.2, 0.25) is 0 Å². The largest absolute Gasteiger partial charge is 0.493 e. The molecular weight excluding hydrogens is 490 g/mol. The molecule has 0 bridgehead atoms. The number of benzene rings is 2. The highest BCUT2D eigenvalue weighted by Crippen LogP contribution is 2.38. The molecule has 3 aromatic rings. The molecule has 1 heterocycles. The number of amides is 2. The van der Waals surface area contributed by atoms with Crippen molar-refractivity contribution in [3.63, 3.8) is 0 Å². The lowest BCUT2D eigenvalue weighted by molar-refractivity contribution is -0.116. The van der Waals surface area contributed by atoms with Gasteiger partial charge < -0.3 is 34.2 Å². The molecule has 0 saturated heterocycles. The summed E-state index contributed by atoms with van der Waals surface area (Å²) in [5, 5.41) is 5.96. The SMILES string of the molecule is CCN(CC)c1ccc2cc(C(=O)NCCNC(=O)/C=C/c3cc(OC)c(OC)c(OC)c3)c(=O)oc2c1. The number of carbonyl (C=O) groups is 2. The number of methoxy groups -OCH3 is 3. The molecule has 2 N–H and O–H groups in total. The van der Waals surface area contributed by atoms with Gasteiger partial charge in [0, 0.05) is 49.4 Å². The van der Waals surface area contributed by atoms with Crippen LogP contribution in [0.1, 0.15) is 29.8 Å². The molecule has 3 rings (SSSR count). The Bertz CT molecular complexity index is 1350. The highest BCUT2D eigenvalue weighted by molar-refractivity contribution is 5.97. The number of ether oxygens (including phenoxy) is 3. The Morgan fingerprint density at radius 1 is 0.921 bits per heavy atom. The minimum absolute atomic E-state index is 0.0956. The van der Waals surface area contributed by atoms with Crippen LogP contribution in [0.5, 0.6) is 17.2 Å². The van der Waals surface area contributed by atoms with Gasteiger partial charge in [-0.25, -0.2) is 4.79 Å². The number of rotatable bonds is 12. The van der Waals surface area contributed by atoms with E-state index in [0.717, 1.165) is 18.8 Å². The molecule has 10 nitrogen and oxygen atoms in total. The number of hydrogen-bond donors (Lipinski definition) is 2. The fourth-order valence-corrected chi connectivity index (χ4v) is 3.93. The van der Waals surface area contributed by atoms with Crippen LogP contribution >= 0.6 is 0 Å². The van der Waals surface area contributed by atoms with Gasteiger partial charge in [0.05, 0.1) is 21.3 Å². The topological polar surface area (TPSA) is 119 Å². The first-order valence-electron chi connectivity index (χ1n) is 12.2. The standard InChI is InChI=1S/C28H33N3O7/c1-6-31(7-2)20-10-9-19-16-21(28(34)38-22(19)17-20)27(33)30-13-12-29-25(32)11-8-18-14-23(35-3)26(37-5)24(15-18)36-4/h8-11,14-17H,6-7,12-13H2,1-5H3,(H,29,32)(H,30,33)/b11-8+. The molecule has 202 valence electrons. The lowest BCUT2D eigenvalue weighted by atomic mass is 10.1. The van der Waals surface area contributed by atoms with Crippen molar-refractivity contribution in [2.24, 2.45) is 0 Å². The predicted molar refractivity (Wildman–Crippen MR) is 147 cm³/mol. The zero-order valence-corrected chi connectivity index (χ0v) is 22.3. The Balaban J connectivity index is 1.57. The summed E-state index contributed by atoms with van der Waals surface area (Å²) < 4.78 is 21.3. The Labute approximate surface area is 221 Å². The zero-order valence-electron chi connectivity index (χ0n) is 22.3. The van der Waals surface area contributed by atoms with Crippen molar-refractivity contribution in [3.8, 4) is 17.2 Å². The number of nitrogens with one attached hydrogen (secondary N) is 2. The van der Waals surface area contributed by atoms with Gasteiger partial charge in [0.15, 0.2) is 11.5 Å². The number of fused-ring (bicyclic) bond motifs is 1. The summed E-state index contributed by atoms with van der Waals surface area (Å²) in [6.07, 6.45) is 2.96. The molecule has 0 unspecified atom stereocenters. The Kier molecular flexibility index (Phi) is 9.75. The van der Waals surface area contributed by atoms with E-state index >= 15 is 0 Å². The molecule has 10 heteroatoms. The van der Waals surface area contributed by atoms with E-state index in [0.29, 0.717) is 33.8 Å². The van der Waals surface area contributed by atoms with Gasteiger partial charge in [-0.3, -0.25) is 9.59 Å². The van der Waals surface area contributed by atoms with E-state index < -0.39 is 11.5 Å². The van der Waals surface area contributed by atoms with Crippen molar-refractivity contribution in [3.05, 3.63) is 64.0 Å². The maximum atomic E-state index is 12.6. The summed E-state index contributed by atoms with van der Waals surface area (Å²) in [6.45, 7) is 6.03. The van der Waals surface area contributed by atoms with E-state index in [9.17, 15) is 14.4 Å². The first-order chi connectivity index (χ1) is 18.3. The van der Waals surface area contributed by atoms with Crippen LogP contribution in [0.15, 0.2) is 51.7 Å². The third kappa shape index (κ3) is 6.64. The fourth-order valence-electron chi connectivity index (χ4n) is 3.93. The Morgan fingerprint density at radius 3 is 2.18 bits per heavy atom. The molecule has 0 fully saturated rings. The van der Waals surface area contributed by atoms with Gasteiger partial charge in [0.2, 0.25) is 11.7 Å². The van der Waals surface area contributed by atoms with Crippen LogP contribution in [0.25, 0.3) is 17.0 Å². The molecule has 38 heavy (non-hydrogen) atoms. The normalized spacial score (nSPS) is 10.9. The second kappa shape index (κ2) is 13.2. The summed E-state index contributed by atoms with van der Waals surface area (Å²) in [5.41, 5.74) is 1.22. The van der Waals surface area contributed by atoms with Crippen molar-refractivity contribution in [1.29, 1.82) is 0 Å². The number of nitrogens with zero attached hydrogens (tertiary/aromatic N) is 1. The third-order valence-electron chi connectivity index (χ3n) is 5.92. The van der Waals surface area contributed by atoms with Crippen molar-refractivity contribution in [2.75, 3.05) is 52.4 Å². The van der Waals surface area contributed by atoms with Crippen LogP contribution in [0, 0.1) is 0 Å². The van der Waals surface area contributed by atoms with Gasteiger partial charge >= 0.3 is 5.63 Å². The van der Waals surface area contributed by atoms with Gasteiger partial charge in [-0.1, -0.05) is 0 Å². The van der Waals surface area contributed by atoms with Crippen molar-refractivity contribution in [2.45, 2.75) is 13.8 Å². The molecule has 0 radical (unpaired) electrons. The quantitative estimate of drug-likeness (QED) is 0.211. The van der Waals surface area contributed by atoms with Crippen molar-refractivity contribution >= 4 is 34.5 Å². The first kappa shape index (κ1) is 28.1. The second-order valence-corrected chi connectivity index (χ2v) is 8.18. The van der Waals surface area contributed by atoms with Crippen molar-refractivity contribution < 1.29 is 28.2 Å². The zero-order chi connectivity index (χ0) is 27.7. The molecule has 0 aliphatic rings. The average Bonchev–Trinajstić information content (AvgIpc) is 2.93. The van der Waals surface area contributed by atoms with Gasteiger partial charge in [-0.15, -0.1) is 0 Å². The maximum Gasteiger partial charge on any atom is 0.349 e. The van der Waals surface area contributed by atoms with Crippen LogP contribution < -0.4 is 35.4 Å². The molecule has 1 aromatic heterocycles. The summed E-state index contributed by atoms with van der Waals surface area (Å²) in [7, 11) is 4.53. The molecule has 0 aliphatic heterocycles. The van der Waals surface area contributed by atoms with Crippen LogP contribution in [-0.4, -0.2) is 59.3 Å². The number of hydrogen-bond acceptors (Lipinski definition) is 8. The van der Waals surface area contributed by atoms with Crippen molar-refractivity contribution in [1.82, 2.24) is 10.6 Å². The highest BCUT2D eigenvalue weighted by atomic mass is 16.5. The van der Waals surface area contributed by atoms with E-state index in [-0.39, 0.29) is 24.6 Å². The Morgan fingerprint density at radius 2 is 1.58 bits per heavy atom.